The van der Waals surface area contributed by atoms with Gasteiger partial charge >= 0.3 is 0 Å². The second kappa shape index (κ2) is 2.59. The van der Waals surface area contributed by atoms with Crippen LogP contribution in [-0.2, 0) is 14.8 Å². The van der Waals surface area contributed by atoms with E-state index >= 15 is 0 Å². The van der Waals surface area contributed by atoms with E-state index < -0.39 is 15.3 Å². The van der Waals surface area contributed by atoms with Crippen LogP contribution in [0.5, 0.6) is 0 Å². The maximum atomic E-state index is 11.1. The molecule has 0 N–H and O–H groups in total. The second-order valence-corrected chi connectivity index (χ2v) is 4.21. The Kier molecular flexibility index (Phi) is 1.95. The van der Waals surface area contributed by atoms with Crippen LogP contribution in [0.1, 0.15) is 19.8 Å². The van der Waals surface area contributed by atoms with Gasteiger partial charge in [0, 0.05) is 17.4 Å². The Morgan fingerprint density at radius 1 is 1.80 bits per heavy atom. The third-order valence-electron chi connectivity index (χ3n) is 1.64. The largest absolute Gasteiger partial charge is 0.443 e. The zero-order valence-electron chi connectivity index (χ0n) is 5.83. The van der Waals surface area contributed by atoms with Crippen molar-refractivity contribution < 1.29 is 4.21 Å². The molecule has 1 aliphatic heterocycles. The van der Waals surface area contributed by atoms with Crippen molar-refractivity contribution in [2.45, 2.75) is 24.5 Å². The van der Waals surface area contributed by atoms with Gasteiger partial charge in [-0.15, -0.1) is 0 Å². The molecular formula is C6H9N2OS-. The van der Waals surface area contributed by atoms with Gasteiger partial charge in [-0.2, -0.15) is 15.9 Å². The van der Waals surface area contributed by atoms with E-state index in [9.17, 15) is 4.21 Å². The molecule has 0 saturated carbocycles. The molecule has 10 heavy (non-hydrogen) atoms. The molecule has 0 aromatic rings. The summed E-state index contributed by atoms with van der Waals surface area (Å²) in [6, 6.07) is 2.04. The molecule has 1 atom stereocenters. The van der Waals surface area contributed by atoms with Crippen LogP contribution in [0.15, 0.2) is 4.36 Å². The summed E-state index contributed by atoms with van der Waals surface area (Å²) in [5, 5.41) is 8.62. The third kappa shape index (κ3) is 1.14. The highest BCUT2D eigenvalue weighted by molar-refractivity contribution is 7.76. The molecular weight excluding hydrogens is 148 g/mol. The number of rotatable bonds is 0. The minimum absolute atomic E-state index is 0.643. The van der Waals surface area contributed by atoms with E-state index in [-0.39, 0.29) is 0 Å². The Balaban J connectivity index is 2.99. The van der Waals surface area contributed by atoms with E-state index in [1.807, 2.05) is 6.07 Å². The van der Waals surface area contributed by atoms with Crippen molar-refractivity contribution in [3.05, 3.63) is 0 Å². The van der Waals surface area contributed by atoms with Gasteiger partial charge < -0.3 is 8.57 Å². The molecule has 0 aliphatic carbocycles. The SMILES string of the molecule is C[C@@]1(C#N)CCCN=[S-]1=O. The molecule has 1 heterocycles. The van der Waals surface area contributed by atoms with Crippen molar-refractivity contribution in [3.63, 3.8) is 0 Å². The Hall–Kier alpha value is -0.560. The summed E-state index contributed by atoms with van der Waals surface area (Å²) in [5.74, 6) is 0. The van der Waals surface area contributed by atoms with E-state index in [0.29, 0.717) is 13.0 Å². The van der Waals surface area contributed by atoms with Crippen LogP contribution in [0.4, 0.5) is 0 Å². The normalized spacial score (nSPS) is 34.4. The van der Waals surface area contributed by atoms with Gasteiger partial charge in [-0.25, -0.2) is 0 Å². The summed E-state index contributed by atoms with van der Waals surface area (Å²) in [5.41, 5.74) is 0. The van der Waals surface area contributed by atoms with Crippen molar-refractivity contribution >= 4 is 10.6 Å². The van der Waals surface area contributed by atoms with E-state index in [4.69, 9.17) is 5.26 Å². The van der Waals surface area contributed by atoms with E-state index in [1.165, 1.54) is 0 Å². The molecule has 4 heteroatoms. The van der Waals surface area contributed by atoms with Gasteiger partial charge in [0.15, 0.2) is 0 Å². The van der Waals surface area contributed by atoms with Gasteiger partial charge in [-0.1, -0.05) is 6.92 Å². The highest BCUT2D eigenvalue weighted by Gasteiger charge is 2.18. The summed E-state index contributed by atoms with van der Waals surface area (Å²) >= 11 is 0. The van der Waals surface area contributed by atoms with E-state index in [1.54, 1.807) is 6.92 Å². The predicted octanol–water partition coefficient (Wildman–Crippen LogP) is 1.21. The molecule has 0 radical (unpaired) electrons. The van der Waals surface area contributed by atoms with Crippen LogP contribution in [-0.4, -0.2) is 11.3 Å². The first-order chi connectivity index (χ1) is 4.69. The van der Waals surface area contributed by atoms with Gasteiger partial charge in [-0.05, 0) is 12.8 Å². The summed E-state index contributed by atoms with van der Waals surface area (Å²) in [7, 11) is -1.28. The van der Waals surface area contributed by atoms with Crippen LogP contribution in [0.2, 0.25) is 0 Å². The van der Waals surface area contributed by atoms with Crippen molar-refractivity contribution in [1.82, 2.24) is 0 Å². The Labute approximate surface area is 62.3 Å². The minimum Gasteiger partial charge on any atom is -0.443 e. The topological polar surface area (TPSA) is 53.2 Å². The Morgan fingerprint density at radius 3 is 2.90 bits per heavy atom. The van der Waals surface area contributed by atoms with Gasteiger partial charge in [0.25, 0.3) is 0 Å². The monoisotopic (exact) mass is 157 g/mol. The van der Waals surface area contributed by atoms with Gasteiger partial charge in [-0.3, -0.25) is 0 Å². The lowest BCUT2D eigenvalue weighted by molar-refractivity contribution is 0.556. The highest BCUT2D eigenvalue weighted by Crippen LogP contribution is 2.21. The molecule has 3 nitrogen and oxygen atoms in total. The minimum atomic E-state index is -1.28. The van der Waals surface area contributed by atoms with Crippen LogP contribution in [0.3, 0.4) is 0 Å². The fourth-order valence-electron chi connectivity index (χ4n) is 0.889. The van der Waals surface area contributed by atoms with Crippen LogP contribution < -0.4 is 0 Å². The molecule has 0 amide bonds. The number of nitriles is 1. The van der Waals surface area contributed by atoms with E-state index in [0.717, 1.165) is 6.42 Å². The zero-order chi connectivity index (χ0) is 7.61. The van der Waals surface area contributed by atoms with E-state index in [2.05, 4.69) is 4.36 Å². The van der Waals surface area contributed by atoms with Crippen molar-refractivity contribution in [3.8, 4) is 6.07 Å². The molecule has 1 aliphatic rings. The fraction of sp³-hybridized carbons (Fsp3) is 0.833. The smallest absolute Gasteiger partial charge is 0.0497 e. The molecule has 56 valence electrons. The molecule has 0 unspecified atom stereocenters. The van der Waals surface area contributed by atoms with Gasteiger partial charge in [0.1, 0.15) is 0 Å². The first-order valence-electron chi connectivity index (χ1n) is 3.20. The number of nitrogens with zero attached hydrogens (tertiary/aromatic N) is 2. The Bertz CT molecular complexity index is 249. The number of hydrogen-bond donors (Lipinski definition) is 0. The fourth-order valence-corrected chi connectivity index (χ4v) is 1.87. The number of hydrogen-bond acceptors (Lipinski definition) is 4. The van der Waals surface area contributed by atoms with Crippen molar-refractivity contribution in [2.75, 3.05) is 6.54 Å². The summed E-state index contributed by atoms with van der Waals surface area (Å²) in [6.45, 7) is 2.34. The molecule has 1 rings (SSSR count). The molecule has 0 aromatic heterocycles. The lowest BCUT2D eigenvalue weighted by Gasteiger charge is -2.29. The standard InChI is InChI=1S/C6H9N2OS/c1-6(5-7)3-2-4-8-10(6)9/h2-4H2,1H3/q-1/t6-/m0/s1. The molecule has 0 spiro atoms. The summed E-state index contributed by atoms with van der Waals surface area (Å²) in [4.78, 5) is 0. The first-order valence-corrected chi connectivity index (χ1v) is 4.30. The second-order valence-electron chi connectivity index (χ2n) is 2.55. The average molecular weight is 157 g/mol. The quantitative estimate of drug-likeness (QED) is 0.496. The molecule has 0 saturated heterocycles. The Morgan fingerprint density at radius 2 is 2.50 bits per heavy atom. The van der Waals surface area contributed by atoms with Crippen LogP contribution >= 0.6 is 0 Å². The zero-order valence-corrected chi connectivity index (χ0v) is 6.65. The highest BCUT2D eigenvalue weighted by atomic mass is 32.2. The lowest BCUT2D eigenvalue weighted by atomic mass is 10.1. The third-order valence-corrected chi connectivity index (χ3v) is 3.13. The summed E-state index contributed by atoms with van der Waals surface area (Å²) in [6.07, 6.45) is 1.59. The van der Waals surface area contributed by atoms with Crippen molar-refractivity contribution in [2.24, 2.45) is 4.36 Å². The molecule has 0 aromatic carbocycles. The average Bonchev–Trinajstić information content (AvgIpc) is 1.96. The molecule has 0 bridgehead atoms. The maximum Gasteiger partial charge on any atom is 0.0497 e. The first kappa shape index (κ1) is 7.55. The molecule has 0 fully saturated rings. The van der Waals surface area contributed by atoms with Crippen LogP contribution in [0, 0.1) is 11.3 Å². The van der Waals surface area contributed by atoms with Crippen LogP contribution in [0.25, 0.3) is 0 Å². The van der Waals surface area contributed by atoms with Crippen molar-refractivity contribution in [1.29, 1.82) is 5.26 Å². The predicted molar refractivity (Wildman–Crippen MR) is 38.6 cm³/mol. The maximum absolute atomic E-state index is 11.1. The van der Waals surface area contributed by atoms with Gasteiger partial charge in [0.05, 0.1) is 0 Å². The summed E-state index contributed by atoms with van der Waals surface area (Å²) < 4.78 is 14.2. The van der Waals surface area contributed by atoms with Gasteiger partial charge in [0.2, 0.25) is 0 Å². The lowest BCUT2D eigenvalue weighted by Crippen LogP contribution is -2.26.